The van der Waals surface area contributed by atoms with Gasteiger partial charge in [0.05, 0.1) is 12.2 Å². The SMILES string of the molecule is C=CC(C)Oc1ccccc1C(=O)Cc1ccc(OCCO)cc1.CC. The van der Waals surface area contributed by atoms with Crippen LogP contribution >= 0.6 is 0 Å². The molecule has 2 aromatic rings. The van der Waals surface area contributed by atoms with Gasteiger partial charge in [-0.2, -0.15) is 0 Å². The van der Waals surface area contributed by atoms with Crippen LogP contribution in [0.2, 0.25) is 0 Å². The van der Waals surface area contributed by atoms with E-state index >= 15 is 0 Å². The number of hydrogen-bond donors (Lipinski definition) is 1. The second-order valence-corrected chi connectivity index (χ2v) is 5.37. The summed E-state index contributed by atoms with van der Waals surface area (Å²) in [4.78, 5) is 12.6. The molecular formula is C22H28O4. The minimum Gasteiger partial charge on any atom is -0.491 e. The molecule has 1 atom stereocenters. The van der Waals surface area contributed by atoms with Crippen molar-refractivity contribution < 1.29 is 19.4 Å². The van der Waals surface area contributed by atoms with Crippen molar-refractivity contribution in [3.05, 3.63) is 72.3 Å². The molecular weight excluding hydrogens is 328 g/mol. The van der Waals surface area contributed by atoms with Crippen LogP contribution in [0, 0.1) is 0 Å². The van der Waals surface area contributed by atoms with Crippen LogP contribution in [0.5, 0.6) is 11.5 Å². The predicted molar refractivity (Wildman–Crippen MR) is 105 cm³/mol. The second kappa shape index (κ2) is 11.9. The Morgan fingerprint density at radius 2 is 1.81 bits per heavy atom. The molecule has 140 valence electrons. The zero-order valence-corrected chi connectivity index (χ0v) is 15.8. The van der Waals surface area contributed by atoms with Gasteiger partial charge in [-0.15, -0.1) is 0 Å². The third-order valence-electron chi connectivity index (χ3n) is 3.48. The Hall–Kier alpha value is -2.59. The summed E-state index contributed by atoms with van der Waals surface area (Å²) >= 11 is 0. The van der Waals surface area contributed by atoms with Crippen LogP contribution in [0.4, 0.5) is 0 Å². The monoisotopic (exact) mass is 356 g/mol. The minimum absolute atomic E-state index is 0.00844. The zero-order valence-electron chi connectivity index (χ0n) is 15.8. The number of carbonyl (C=O) groups excluding carboxylic acids is 1. The first-order valence-corrected chi connectivity index (χ1v) is 8.88. The maximum atomic E-state index is 12.6. The molecule has 1 N–H and O–H groups in total. The van der Waals surface area contributed by atoms with Crippen molar-refractivity contribution in [1.29, 1.82) is 0 Å². The smallest absolute Gasteiger partial charge is 0.170 e. The largest absolute Gasteiger partial charge is 0.491 e. The Balaban J connectivity index is 0.00000163. The lowest BCUT2D eigenvalue weighted by Crippen LogP contribution is -2.12. The zero-order chi connectivity index (χ0) is 19.4. The summed E-state index contributed by atoms with van der Waals surface area (Å²) in [5.41, 5.74) is 1.45. The van der Waals surface area contributed by atoms with Gasteiger partial charge in [-0.1, -0.05) is 50.8 Å². The summed E-state index contributed by atoms with van der Waals surface area (Å²) < 4.78 is 11.0. The van der Waals surface area contributed by atoms with Crippen molar-refractivity contribution in [2.24, 2.45) is 0 Å². The summed E-state index contributed by atoms with van der Waals surface area (Å²) in [6.45, 7) is 9.79. The summed E-state index contributed by atoms with van der Waals surface area (Å²) in [6, 6.07) is 14.5. The molecule has 0 amide bonds. The van der Waals surface area contributed by atoms with Crippen molar-refractivity contribution >= 4 is 5.78 Å². The maximum Gasteiger partial charge on any atom is 0.170 e. The molecule has 4 nitrogen and oxygen atoms in total. The average Bonchev–Trinajstić information content (AvgIpc) is 2.69. The van der Waals surface area contributed by atoms with Crippen molar-refractivity contribution in [2.75, 3.05) is 13.2 Å². The Kier molecular flexibility index (Phi) is 9.80. The Bertz CT molecular complexity index is 677. The number of ketones is 1. The molecule has 0 aliphatic heterocycles. The lowest BCUT2D eigenvalue weighted by molar-refractivity contribution is 0.0988. The van der Waals surface area contributed by atoms with Crippen molar-refractivity contribution in [1.82, 2.24) is 0 Å². The van der Waals surface area contributed by atoms with Crippen LogP contribution < -0.4 is 9.47 Å². The molecule has 0 aliphatic carbocycles. The molecule has 0 heterocycles. The van der Waals surface area contributed by atoms with Gasteiger partial charge in [0.2, 0.25) is 0 Å². The third-order valence-corrected chi connectivity index (χ3v) is 3.48. The highest BCUT2D eigenvalue weighted by atomic mass is 16.5. The van der Waals surface area contributed by atoms with Gasteiger partial charge in [0.25, 0.3) is 0 Å². The lowest BCUT2D eigenvalue weighted by atomic mass is 10.0. The highest BCUT2D eigenvalue weighted by molar-refractivity contribution is 6.00. The van der Waals surface area contributed by atoms with Crippen LogP contribution in [-0.2, 0) is 6.42 Å². The van der Waals surface area contributed by atoms with Crippen LogP contribution in [0.15, 0.2) is 61.2 Å². The van der Waals surface area contributed by atoms with Gasteiger partial charge < -0.3 is 14.6 Å². The van der Waals surface area contributed by atoms with Crippen LogP contribution in [0.25, 0.3) is 0 Å². The van der Waals surface area contributed by atoms with E-state index in [1.54, 1.807) is 30.3 Å². The molecule has 4 heteroatoms. The molecule has 0 radical (unpaired) electrons. The first-order valence-electron chi connectivity index (χ1n) is 8.88. The van der Waals surface area contributed by atoms with E-state index < -0.39 is 0 Å². The molecule has 0 aliphatic rings. The van der Waals surface area contributed by atoms with Gasteiger partial charge in [-0.3, -0.25) is 4.79 Å². The minimum atomic E-state index is -0.165. The molecule has 0 saturated carbocycles. The summed E-state index contributed by atoms with van der Waals surface area (Å²) in [7, 11) is 0. The first-order chi connectivity index (χ1) is 12.6. The van der Waals surface area contributed by atoms with Gasteiger partial charge in [0, 0.05) is 6.42 Å². The fourth-order valence-electron chi connectivity index (χ4n) is 2.20. The average molecular weight is 356 g/mol. The van der Waals surface area contributed by atoms with Gasteiger partial charge in [0.15, 0.2) is 5.78 Å². The van der Waals surface area contributed by atoms with Crippen molar-refractivity contribution in [3.8, 4) is 11.5 Å². The molecule has 2 aromatic carbocycles. The quantitative estimate of drug-likeness (QED) is 0.532. The number of rotatable bonds is 9. The van der Waals surface area contributed by atoms with E-state index in [1.165, 1.54) is 0 Å². The molecule has 2 rings (SSSR count). The number of para-hydroxylation sites is 1. The van der Waals surface area contributed by atoms with Crippen molar-refractivity contribution in [2.45, 2.75) is 33.3 Å². The fraction of sp³-hybridized carbons (Fsp3) is 0.318. The Morgan fingerprint density at radius 1 is 1.15 bits per heavy atom. The van der Waals surface area contributed by atoms with Crippen molar-refractivity contribution in [3.63, 3.8) is 0 Å². The highest BCUT2D eigenvalue weighted by Gasteiger charge is 2.14. The first kappa shape index (κ1) is 21.5. The molecule has 0 aromatic heterocycles. The number of hydrogen-bond acceptors (Lipinski definition) is 4. The molecule has 26 heavy (non-hydrogen) atoms. The van der Waals surface area contributed by atoms with Crippen LogP contribution in [0.1, 0.15) is 36.7 Å². The molecule has 0 fully saturated rings. The van der Waals surface area contributed by atoms with E-state index in [2.05, 4.69) is 6.58 Å². The Labute approximate surface area is 156 Å². The predicted octanol–water partition coefficient (Wildman–Crippen LogP) is 4.46. The van der Waals surface area contributed by atoms with Gasteiger partial charge >= 0.3 is 0 Å². The molecule has 0 bridgehead atoms. The topological polar surface area (TPSA) is 55.8 Å². The lowest BCUT2D eigenvalue weighted by Gasteiger charge is -2.14. The van der Waals surface area contributed by atoms with Gasteiger partial charge in [-0.05, 0) is 36.8 Å². The van der Waals surface area contributed by atoms with Crippen LogP contribution in [0.3, 0.4) is 0 Å². The van der Waals surface area contributed by atoms with E-state index in [0.717, 1.165) is 5.56 Å². The Morgan fingerprint density at radius 3 is 2.42 bits per heavy atom. The maximum absolute atomic E-state index is 12.6. The second-order valence-electron chi connectivity index (χ2n) is 5.37. The van der Waals surface area contributed by atoms with E-state index in [9.17, 15) is 4.79 Å². The molecule has 1 unspecified atom stereocenters. The van der Waals surface area contributed by atoms with Gasteiger partial charge in [-0.25, -0.2) is 0 Å². The molecule has 0 saturated heterocycles. The molecule has 0 spiro atoms. The summed E-state index contributed by atoms with van der Waals surface area (Å²) in [6.07, 6.45) is 1.80. The number of ether oxygens (including phenoxy) is 2. The van der Waals surface area contributed by atoms with E-state index in [1.807, 2.05) is 45.0 Å². The number of carbonyl (C=O) groups is 1. The standard InChI is InChI=1S/C20H22O4.C2H6/c1-3-15(2)24-20-7-5-4-6-18(20)19(22)14-16-8-10-17(11-9-16)23-13-12-21;1-2/h3-11,15,21H,1,12-14H2,2H3;1-2H3. The number of Topliss-reactive ketones (excluding diaryl/α,β-unsaturated/α-hetero) is 1. The van der Waals surface area contributed by atoms with E-state index in [-0.39, 0.29) is 31.5 Å². The van der Waals surface area contributed by atoms with E-state index in [4.69, 9.17) is 14.6 Å². The van der Waals surface area contributed by atoms with E-state index in [0.29, 0.717) is 17.1 Å². The van der Waals surface area contributed by atoms with Gasteiger partial charge in [0.1, 0.15) is 24.2 Å². The normalized spacial score (nSPS) is 10.9. The highest BCUT2D eigenvalue weighted by Crippen LogP contribution is 2.22. The number of benzene rings is 2. The number of aliphatic hydroxyl groups is 1. The summed E-state index contributed by atoms with van der Waals surface area (Å²) in [5, 5.41) is 8.75. The summed E-state index contributed by atoms with van der Waals surface area (Å²) in [5.74, 6) is 1.23. The fourth-order valence-corrected chi connectivity index (χ4v) is 2.20. The third kappa shape index (κ3) is 6.73. The number of aliphatic hydroxyl groups excluding tert-OH is 1. The van der Waals surface area contributed by atoms with Crippen LogP contribution in [-0.4, -0.2) is 30.2 Å².